The van der Waals surface area contributed by atoms with Crippen LogP contribution in [0.3, 0.4) is 0 Å². The average Bonchev–Trinajstić information content (AvgIpc) is 2.39. The maximum Gasteiger partial charge on any atom is 0.413 e. The highest BCUT2D eigenvalue weighted by atomic mass is 19.4. The predicted octanol–water partition coefficient (Wildman–Crippen LogP) is 2.77. The molecule has 0 radical (unpaired) electrons. The molecule has 19 heavy (non-hydrogen) atoms. The number of rotatable bonds is 4. The van der Waals surface area contributed by atoms with Crippen molar-refractivity contribution in [2.45, 2.75) is 63.2 Å². The molecule has 1 aliphatic heterocycles. The third-order valence-electron chi connectivity index (χ3n) is 4.16. The maximum atomic E-state index is 12.1. The molecular weight excluding hydrogens is 257 g/mol. The summed E-state index contributed by atoms with van der Waals surface area (Å²) in [4.78, 5) is 4.66. The van der Waals surface area contributed by atoms with Crippen LogP contribution in [0, 0.1) is 5.92 Å². The quantitative estimate of drug-likeness (QED) is 0.777. The molecule has 1 saturated heterocycles. The van der Waals surface area contributed by atoms with Crippen LogP contribution in [0.2, 0.25) is 0 Å². The first-order valence-corrected chi connectivity index (χ1v) is 7.24. The van der Waals surface area contributed by atoms with Gasteiger partial charge < -0.3 is 5.32 Å². The molecule has 0 aromatic heterocycles. The van der Waals surface area contributed by atoms with Gasteiger partial charge in [0.1, 0.15) is 0 Å². The van der Waals surface area contributed by atoms with Crippen molar-refractivity contribution in [2.24, 2.45) is 5.92 Å². The smallest absolute Gasteiger partial charge is 0.314 e. The normalized spacial score (nSPS) is 33.3. The Morgan fingerprint density at radius 1 is 1.05 bits per heavy atom. The van der Waals surface area contributed by atoms with Crippen LogP contribution >= 0.6 is 0 Å². The van der Waals surface area contributed by atoms with Crippen LogP contribution in [0.25, 0.3) is 0 Å². The zero-order valence-electron chi connectivity index (χ0n) is 11.1. The molecule has 1 saturated carbocycles. The number of hydroxylamine groups is 1. The molecule has 2 rings (SSSR count). The van der Waals surface area contributed by atoms with Crippen molar-refractivity contribution in [3.63, 3.8) is 0 Å². The summed E-state index contributed by atoms with van der Waals surface area (Å²) in [6.45, 7) is -0.189. The minimum absolute atomic E-state index is 0.0479. The Morgan fingerprint density at radius 3 is 2.47 bits per heavy atom. The van der Waals surface area contributed by atoms with E-state index in [9.17, 15) is 13.2 Å². The number of hydrogen-bond donors (Lipinski definition) is 2. The van der Waals surface area contributed by atoms with Gasteiger partial charge in [-0.25, -0.2) is 0 Å². The van der Waals surface area contributed by atoms with Gasteiger partial charge in [0.15, 0.2) is 6.61 Å². The van der Waals surface area contributed by atoms with Gasteiger partial charge in [0.2, 0.25) is 0 Å². The SMILES string of the molecule is FC(F)(F)CONC1CCCCC1C1CCCCN1. The lowest BCUT2D eigenvalue weighted by Gasteiger charge is -2.39. The van der Waals surface area contributed by atoms with Gasteiger partial charge in [-0.3, -0.25) is 4.84 Å². The van der Waals surface area contributed by atoms with Gasteiger partial charge in [-0.05, 0) is 38.1 Å². The Hall–Kier alpha value is -0.330. The highest BCUT2D eigenvalue weighted by Crippen LogP contribution is 2.30. The topological polar surface area (TPSA) is 33.3 Å². The summed E-state index contributed by atoms with van der Waals surface area (Å²) in [5.41, 5.74) is 2.67. The Bertz CT molecular complexity index is 267. The molecule has 3 unspecified atom stereocenters. The van der Waals surface area contributed by atoms with Gasteiger partial charge in [-0.15, -0.1) is 0 Å². The molecule has 0 amide bonds. The van der Waals surface area contributed by atoms with Gasteiger partial charge in [0.25, 0.3) is 0 Å². The van der Waals surface area contributed by atoms with Crippen LogP contribution in [0.1, 0.15) is 44.9 Å². The minimum Gasteiger partial charge on any atom is -0.314 e. The molecule has 1 aliphatic carbocycles. The molecule has 0 spiro atoms. The van der Waals surface area contributed by atoms with Gasteiger partial charge in [-0.2, -0.15) is 18.7 Å². The summed E-state index contributed by atoms with van der Waals surface area (Å²) in [6.07, 6.45) is 3.49. The van der Waals surface area contributed by atoms with E-state index in [-0.39, 0.29) is 6.04 Å². The lowest BCUT2D eigenvalue weighted by atomic mass is 9.77. The second-order valence-corrected chi connectivity index (χ2v) is 5.63. The van der Waals surface area contributed by atoms with Crippen molar-refractivity contribution >= 4 is 0 Å². The molecule has 112 valence electrons. The van der Waals surface area contributed by atoms with E-state index in [2.05, 4.69) is 15.6 Å². The summed E-state index contributed by atoms with van der Waals surface area (Å²) >= 11 is 0. The van der Waals surface area contributed by atoms with E-state index >= 15 is 0 Å². The highest BCUT2D eigenvalue weighted by Gasteiger charge is 2.34. The van der Waals surface area contributed by atoms with E-state index in [1.54, 1.807) is 0 Å². The number of nitrogens with one attached hydrogen (secondary N) is 2. The fraction of sp³-hybridized carbons (Fsp3) is 1.00. The minimum atomic E-state index is -4.26. The summed E-state index contributed by atoms with van der Waals surface area (Å²) in [5.74, 6) is 0.391. The van der Waals surface area contributed by atoms with E-state index in [0.29, 0.717) is 12.0 Å². The molecule has 3 atom stereocenters. The zero-order valence-corrected chi connectivity index (χ0v) is 11.1. The molecule has 2 fully saturated rings. The molecule has 6 heteroatoms. The standard InChI is InChI=1S/C13H23F3N2O/c14-13(15,16)9-19-18-12-7-2-1-5-10(12)11-6-3-4-8-17-11/h10-12,17-18H,1-9H2. The van der Waals surface area contributed by atoms with E-state index < -0.39 is 12.8 Å². The van der Waals surface area contributed by atoms with E-state index in [0.717, 1.165) is 32.2 Å². The van der Waals surface area contributed by atoms with Crippen LogP contribution in [-0.2, 0) is 4.84 Å². The van der Waals surface area contributed by atoms with Gasteiger partial charge in [0, 0.05) is 12.1 Å². The average molecular weight is 280 g/mol. The first-order chi connectivity index (χ1) is 9.06. The summed E-state index contributed by atoms with van der Waals surface area (Å²) in [7, 11) is 0. The third kappa shape index (κ3) is 4.93. The van der Waals surface area contributed by atoms with Crippen LogP contribution in [-0.4, -0.2) is 31.4 Å². The van der Waals surface area contributed by atoms with E-state index in [4.69, 9.17) is 0 Å². The van der Waals surface area contributed by atoms with Crippen molar-refractivity contribution in [3.8, 4) is 0 Å². The van der Waals surface area contributed by atoms with E-state index in [1.165, 1.54) is 19.3 Å². The number of halogens is 3. The summed E-state index contributed by atoms with van der Waals surface area (Å²) in [5, 5.41) is 3.51. The molecule has 0 bridgehead atoms. The number of piperidine rings is 1. The molecule has 3 nitrogen and oxygen atoms in total. The van der Waals surface area contributed by atoms with Crippen LogP contribution in [0.15, 0.2) is 0 Å². The largest absolute Gasteiger partial charge is 0.413 e. The van der Waals surface area contributed by atoms with Gasteiger partial charge in [-0.1, -0.05) is 19.3 Å². The lowest BCUT2D eigenvalue weighted by molar-refractivity contribution is -0.195. The number of hydrogen-bond acceptors (Lipinski definition) is 3. The summed E-state index contributed by atoms with van der Waals surface area (Å²) in [6, 6.07) is 0.479. The number of alkyl halides is 3. The van der Waals surface area contributed by atoms with Gasteiger partial charge in [0.05, 0.1) is 0 Å². The molecule has 0 aromatic rings. The molecule has 2 aliphatic rings. The van der Waals surface area contributed by atoms with Crippen LogP contribution < -0.4 is 10.8 Å². The van der Waals surface area contributed by atoms with Crippen molar-refractivity contribution in [2.75, 3.05) is 13.2 Å². The second kappa shape index (κ2) is 6.90. The van der Waals surface area contributed by atoms with Crippen molar-refractivity contribution in [3.05, 3.63) is 0 Å². The fourth-order valence-corrected chi connectivity index (χ4v) is 3.26. The molecular formula is C13H23F3N2O. The Morgan fingerprint density at radius 2 is 1.79 bits per heavy atom. The monoisotopic (exact) mass is 280 g/mol. The first-order valence-electron chi connectivity index (χ1n) is 7.24. The van der Waals surface area contributed by atoms with Crippen LogP contribution in [0.4, 0.5) is 13.2 Å². The predicted molar refractivity (Wildman–Crippen MR) is 66.5 cm³/mol. The maximum absolute atomic E-state index is 12.1. The Balaban J connectivity index is 1.81. The fourth-order valence-electron chi connectivity index (χ4n) is 3.26. The van der Waals surface area contributed by atoms with Crippen molar-refractivity contribution in [1.82, 2.24) is 10.8 Å². The van der Waals surface area contributed by atoms with Crippen LogP contribution in [0.5, 0.6) is 0 Å². The Kier molecular flexibility index (Phi) is 5.47. The summed E-state index contributed by atoms with van der Waals surface area (Å²) < 4.78 is 36.3. The molecule has 1 heterocycles. The van der Waals surface area contributed by atoms with Crippen molar-refractivity contribution < 1.29 is 18.0 Å². The van der Waals surface area contributed by atoms with Gasteiger partial charge >= 0.3 is 6.18 Å². The highest BCUT2D eigenvalue weighted by molar-refractivity contribution is 4.89. The molecule has 2 N–H and O–H groups in total. The van der Waals surface area contributed by atoms with E-state index in [1.807, 2.05) is 0 Å². The third-order valence-corrected chi connectivity index (χ3v) is 4.16. The Labute approximate surface area is 112 Å². The first kappa shape index (κ1) is 15.1. The molecule has 0 aromatic carbocycles. The lowest BCUT2D eigenvalue weighted by Crippen LogP contribution is -2.50. The van der Waals surface area contributed by atoms with Crippen molar-refractivity contribution in [1.29, 1.82) is 0 Å². The second-order valence-electron chi connectivity index (χ2n) is 5.63. The zero-order chi connectivity index (χ0) is 13.7.